The molecule has 2 N–H and O–H groups in total. The molecule has 8 heteroatoms. The van der Waals surface area contributed by atoms with E-state index in [-0.39, 0.29) is 11.4 Å². The van der Waals surface area contributed by atoms with Gasteiger partial charge < -0.3 is 0 Å². The summed E-state index contributed by atoms with van der Waals surface area (Å²) in [7, 11) is 1.23. The van der Waals surface area contributed by atoms with Gasteiger partial charge in [-0.3, -0.25) is 0 Å². The first-order valence-corrected chi connectivity index (χ1v) is 7.13. The fourth-order valence-corrected chi connectivity index (χ4v) is 2.60. The molecular weight excluding hydrogens is 269 g/mol. The number of nitro benzene ring substituents is 1. The second kappa shape index (κ2) is 4.06. The zero-order valence-corrected chi connectivity index (χ0v) is 9.53. The maximum atomic E-state index is 11.0. The second-order valence-electron chi connectivity index (χ2n) is 2.66. The Kier molecular flexibility index (Phi) is 3.18. The minimum atomic E-state index is -5.20. The molecule has 1 rings (SSSR count). The standard InChI is InChI=1S/C7H8AsNO6/c1-15-7-3-2-5(9(13)14)4-6(7)8(10,11)12/h2-4H,1H3,(H2,10,11,12). The van der Waals surface area contributed by atoms with Crippen LogP contribution in [0, 0.1) is 10.1 Å². The molecule has 0 fully saturated rings. The number of non-ortho nitro benzene ring substituents is 1. The molecule has 0 aliphatic rings. The van der Waals surface area contributed by atoms with Gasteiger partial charge in [-0.15, -0.1) is 0 Å². The van der Waals surface area contributed by atoms with Crippen molar-refractivity contribution in [3.05, 3.63) is 28.3 Å². The van der Waals surface area contributed by atoms with Gasteiger partial charge in [0.05, 0.1) is 0 Å². The van der Waals surface area contributed by atoms with E-state index in [0.29, 0.717) is 0 Å². The van der Waals surface area contributed by atoms with Crippen molar-refractivity contribution in [1.82, 2.24) is 0 Å². The van der Waals surface area contributed by atoms with Crippen molar-refractivity contribution in [2.75, 3.05) is 7.11 Å². The van der Waals surface area contributed by atoms with Crippen LogP contribution in [0.4, 0.5) is 5.69 Å². The van der Waals surface area contributed by atoms with Gasteiger partial charge in [0.1, 0.15) is 0 Å². The van der Waals surface area contributed by atoms with Crippen molar-refractivity contribution in [3.63, 3.8) is 0 Å². The summed E-state index contributed by atoms with van der Waals surface area (Å²) < 4.78 is 33.3. The third-order valence-electron chi connectivity index (χ3n) is 1.69. The molecule has 0 unspecified atom stereocenters. The Morgan fingerprint density at radius 2 is 2.07 bits per heavy atom. The SMILES string of the molecule is COc1ccc([N+](=O)[O-])cc1[As](=O)(O)O. The van der Waals surface area contributed by atoms with Gasteiger partial charge >= 0.3 is 87.0 Å². The first-order valence-electron chi connectivity index (χ1n) is 3.75. The van der Waals surface area contributed by atoms with Gasteiger partial charge in [0.2, 0.25) is 0 Å². The molecule has 0 aliphatic carbocycles. The molecule has 7 nitrogen and oxygen atoms in total. The molecule has 0 atom stereocenters. The molecule has 0 aliphatic heterocycles. The molecule has 1 aromatic rings. The van der Waals surface area contributed by atoms with Crippen LogP contribution in [0.3, 0.4) is 0 Å². The molecule has 82 valence electrons. The fraction of sp³-hybridized carbons (Fsp3) is 0.143. The zero-order valence-electron chi connectivity index (χ0n) is 7.65. The quantitative estimate of drug-likeness (QED) is 0.423. The second-order valence-corrected chi connectivity index (χ2v) is 5.95. The molecule has 1 aromatic carbocycles. The van der Waals surface area contributed by atoms with E-state index in [0.717, 1.165) is 18.2 Å². The van der Waals surface area contributed by atoms with Crippen LogP contribution in [0.2, 0.25) is 0 Å². The molecule has 0 bridgehead atoms. The summed E-state index contributed by atoms with van der Waals surface area (Å²) in [5, 5.41) is 10.4. The topological polar surface area (TPSA) is 110 Å². The van der Waals surface area contributed by atoms with Gasteiger partial charge in [0.15, 0.2) is 0 Å². The Labute approximate surface area is 87.4 Å². The van der Waals surface area contributed by atoms with Gasteiger partial charge in [-0.1, -0.05) is 0 Å². The van der Waals surface area contributed by atoms with Crippen LogP contribution < -0.4 is 9.09 Å². The average Bonchev–Trinajstić information content (AvgIpc) is 2.15. The molecule has 0 amide bonds. The first-order chi connectivity index (χ1) is 6.86. The third kappa shape index (κ3) is 2.59. The van der Waals surface area contributed by atoms with Crippen LogP contribution in [0.5, 0.6) is 5.75 Å². The number of benzene rings is 1. The van der Waals surface area contributed by atoms with Crippen molar-refractivity contribution in [1.29, 1.82) is 0 Å². The molecule has 0 spiro atoms. The number of methoxy groups -OCH3 is 1. The normalized spacial score (nSPS) is 11.1. The van der Waals surface area contributed by atoms with Crippen LogP contribution >= 0.6 is 0 Å². The minimum absolute atomic E-state index is 0.0481. The zero-order chi connectivity index (χ0) is 11.6. The van der Waals surface area contributed by atoms with E-state index >= 15 is 0 Å². The summed E-state index contributed by atoms with van der Waals surface area (Å²) >= 11 is -5.20. The van der Waals surface area contributed by atoms with Crippen LogP contribution in [0.1, 0.15) is 0 Å². The van der Waals surface area contributed by atoms with Crippen molar-refractivity contribution >= 4 is 24.2 Å². The van der Waals surface area contributed by atoms with Crippen LogP contribution in [0.15, 0.2) is 18.2 Å². The monoisotopic (exact) mass is 277 g/mol. The number of ether oxygens (including phenoxy) is 1. The van der Waals surface area contributed by atoms with Gasteiger partial charge in [0.25, 0.3) is 0 Å². The number of hydrogen-bond donors (Lipinski definition) is 2. The molecule has 0 heterocycles. The molecule has 15 heavy (non-hydrogen) atoms. The van der Waals surface area contributed by atoms with Crippen molar-refractivity contribution in [2.45, 2.75) is 0 Å². The summed E-state index contributed by atoms with van der Waals surface area (Å²) in [5.74, 6) is -0.0481. The van der Waals surface area contributed by atoms with Gasteiger partial charge in [-0.2, -0.15) is 0 Å². The Hall–Kier alpha value is -1.30. The fourth-order valence-electron chi connectivity index (χ4n) is 1.02. The van der Waals surface area contributed by atoms with Gasteiger partial charge in [-0.25, -0.2) is 0 Å². The summed E-state index contributed by atoms with van der Waals surface area (Å²) in [6.45, 7) is 0. The Balaban J connectivity index is 3.39. The Bertz CT molecular complexity index is 439. The van der Waals surface area contributed by atoms with Crippen LogP contribution in [-0.4, -0.2) is 34.4 Å². The summed E-state index contributed by atoms with van der Waals surface area (Å²) in [5.41, 5.74) is -0.379. The van der Waals surface area contributed by atoms with Crippen LogP contribution in [0.25, 0.3) is 0 Å². The predicted molar refractivity (Wildman–Crippen MR) is 50.2 cm³/mol. The van der Waals surface area contributed by atoms with E-state index in [1.165, 1.54) is 7.11 Å². The van der Waals surface area contributed by atoms with E-state index in [4.69, 9.17) is 12.9 Å². The van der Waals surface area contributed by atoms with Gasteiger partial charge in [-0.05, 0) is 0 Å². The molecule has 0 radical (unpaired) electrons. The Morgan fingerprint density at radius 1 is 1.47 bits per heavy atom. The van der Waals surface area contributed by atoms with Crippen molar-refractivity contribution in [3.8, 4) is 5.75 Å². The summed E-state index contributed by atoms with van der Waals surface area (Å²) in [6, 6.07) is 3.11. The van der Waals surface area contributed by atoms with E-state index < -0.39 is 23.4 Å². The van der Waals surface area contributed by atoms with E-state index in [9.17, 15) is 13.9 Å². The number of nitrogens with zero attached hydrogens (tertiary/aromatic N) is 1. The first kappa shape index (κ1) is 11.8. The molecule has 0 aromatic heterocycles. The number of rotatable bonds is 3. The molecular formula is C7H8AsNO6. The predicted octanol–water partition coefficient (Wildman–Crippen LogP) is -0.836. The third-order valence-corrected chi connectivity index (χ3v) is 3.74. The molecule has 0 saturated heterocycles. The van der Waals surface area contributed by atoms with Gasteiger partial charge in [0, 0.05) is 0 Å². The summed E-state index contributed by atoms with van der Waals surface area (Å²) in [4.78, 5) is 9.67. The molecule has 0 saturated carbocycles. The summed E-state index contributed by atoms with van der Waals surface area (Å²) in [6.07, 6.45) is 0. The van der Waals surface area contributed by atoms with E-state index in [2.05, 4.69) is 0 Å². The van der Waals surface area contributed by atoms with Crippen LogP contribution in [-0.2, 0) is 3.74 Å². The van der Waals surface area contributed by atoms with Crippen molar-refractivity contribution in [2.24, 2.45) is 0 Å². The maximum absolute atomic E-state index is 11.0. The number of hydrogen-bond acceptors (Lipinski definition) is 4. The average molecular weight is 277 g/mol. The Morgan fingerprint density at radius 3 is 2.47 bits per heavy atom. The number of nitro groups is 1. The van der Waals surface area contributed by atoms with E-state index in [1.54, 1.807) is 0 Å². The van der Waals surface area contributed by atoms with E-state index in [1.807, 2.05) is 0 Å². The van der Waals surface area contributed by atoms with Crippen molar-refractivity contribution < 1.29 is 21.6 Å².